The molecular formula is C22H22N3NaO5S2. The Bertz CT molecular complexity index is 1450. The number of thiazole rings is 1. The van der Waals surface area contributed by atoms with Crippen LogP contribution in [0.4, 0.5) is 5.69 Å². The van der Waals surface area contributed by atoms with E-state index < -0.39 is 15.8 Å². The summed E-state index contributed by atoms with van der Waals surface area (Å²) in [5, 5.41) is 3.15. The van der Waals surface area contributed by atoms with Gasteiger partial charge in [-0.1, -0.05) is 23.5 Å². The van der Waals surface area contributed by atoms with Crippen LogP contribution in [0.3, 0.4) is 0 Å². The van der Waals surface area contributed by atoms with Gasteiger partial charge in [-0.05, 0) is 48.7 Å². The fourth-order valence-corrected chi connectivity index (χ4v) is 4.39. The molecule has 4 rings (SSSR count). The van der Waals surface area contributed by atoms with E-state index in [2.05, 4.69) is 14.4 Å². The summed E-state index contributed by atoms with van der Waals surface area (Å²) in [7, 11) is -2.31. The first kappa shape index (κ1) is 25.4. The topological polar surface area (TPSA) is 111 Å². The molecule has 0 atom stereocenters. The second kappa shape index (κ2) is 10.4. The summed E-state index contributed by atoms with van der Waals surface area (Å²) in [6, 6.07) is 10.5. The molecule has 0 fully saturated rings. The van der Waals surface area contributed by atoms with Crippen LogP contribution in [0, 0.1) is 13.8 Å². The average Bonchev–Trinajstić information content (AvgIpc) is 3.26. The van der Waals surface area contributed by atoms with Crippen molar-refractivity contribution in [1.29, 1.82) is 0 Å². The maximum absolute atomic E-state index is 12.8. The Morgan fingerprint density at radius 2 is 1.97 bits per heavy atom. The molecule has 0 spiro atoms. The molecule has 0 unspecified atom stereocenters. The minimum absolute atomic E-state index is 0. The monoisotopic (exact) mass is 495 g/mol. The number of anilines is 1. The van der Waals surface area contributed by atoms with Gasteiger partial charge in [-0.25, -0.2) is 14.5 Å². The van der Waals surface area contributed by atoms with Crippen LogP contribution in [0.5, 0.6) is 10.9 Å². The second-order valence-corrected chi connectivity index (χ2v) is 9.67. The van der Waals surface area contributed by atoms with Crippen LogP contribution in [0.15, 0.2) is 57.2 Å². The summed E-state index contributed by atoms with van der Waals surface area (Å²) >= 11 is 1.38. The van der Waals surface area contributed by atoms with Crippen molar-refractivity contribution in [2.75, 3.05) is 11.8 Å². The molecule has 0 saturated heterocycles. The third kappa shape index (κ3) is 5.84. The number of aryl methyl sites for hydroxylation is 2. The predicted octanol–water partition coefficient (Wildman–Crippen LogP) is 3.48. The zero-order valence-electron chi connectivity index (χ0n) is 17.6. The van der Waals surface area contributed by atoms with Crippen LogP contribution < -0.4 is 19.8 Å². The Kier molecular flexibility index (Phi) is 7.99. The minimum atomic E-state index is -3.63. The van der Waals surface area contributed by atoms with E-state index in [0.29, 0.717) is 34.2 Å². The van der Waals surface area contributed by atoms with Crippen molar-refractivity contribution >= 4 is 67.8 Å². The van der Waals surface area contributed by atoms with E-state index in [1.165, 1.54) is 18.4 Å². The summed E-state index contributed by atoms with van der Waals surface area (Å²) in [4.78, 5) is 16.9. The molecule has 0 saturated carbocycles. The average molecular weight is 496 g/mol. The molecule has 4 aromatic rings. The number of ether oxygens (including phenoxy) is 1. The van der Waals surface area contributed by atoms with E-state index in [9.17, 15) is 13.2 Å². The Morgan fingerprint density at radius 1 is 1.18 bits per heavy atom. The summed E-state index contributed by atoms with van der Waals surface area (Å²) in [6.07, 6.45) is 1.96. The van der Waals surface area contributed by atoms with Crippen molar-refractivity contribution in [2.45, 2.75) is 20.3 Å². The Hall–Kier alpha value is -2.21. The molecule has 2 aromatic carbocycles. The van der Waals surface area contributed by atoms with Gasteiger partial charge in [0, 0.05) is 42.1 Å². The standard InChI is InChI=1S/C22H21N3O5S2.Na.H/c1-13-9-17-14(2)18(11-15-5-4-6-16(10-15)25-32(27,28)23-3)21(26)29-20(17)12-19(13)30-22-24-7-8-31-22;;/h4-10,12,23,25H,11H2,1-3H3;;. The van der Waals surface area contributed by atoms with Crippen molar-refractivity contribution in [3.8, 4) is 10.9 Å². The first-order valence-corrected chi connectivity index (χ1v) is 12.1. The predicted molar refractivity (Wildman–Crippen MR) is 132 cm³/mol. The van der Waals surface area contributed by atoms with E-state index in [4.69, 9.17) is 9.15 Å². The number of nitrogens with one attached hydrogen (secondary N) is 2. The molecule has 168 valence electrons. The third-order valence-corrected chi connectivity index (χ3v) is 6.71. The molecule has 2 heterocycles. The fraction of sp³-hybridized carbons (Fsp3) is 0.182. The Morgan fingerprint density at radius 3 is 2.67 bits per heavy atom. The molecule has 0 amide bonds. The Labute approximate surface area is 217 Å². The van der Waals surface area contributed by atoms with E-state index in [1.807, 2.05) is 31.4 Å². The molecule has 11 heteroatoms. The number of fused-ring (bicyclic) bond motifs is 1. The summed E-state index contributed by atoms with van der Waals surface area (Å²) in [5.41, 5.74) is 3.37. The van der Waals surface area contributed by atoms with Gasteiger partial charge in [0.15, 0.2) is 0 Å². The summed E-state index contributed by atoms with van der Waals surface area (Å²) in [6.45, 7) is 3.80. The zero-order chi connectivity index (χ0) is 22.9. The summed E-state index contributed by atoms with van der Waals surface area (Å²) in [5.74, 6) is 0.576. The molecule has 8 nitrogen and oxygen atoms in total. The fourth-order valence-electron chi connectivity index (χ4n) is 3.35. The van der Waals surface area contributed by atoms with Gasteiger partial charge in [0.2, 0.25) is 0 Å². The molecule has 0 bridgehead atoms. The first-order valence-electron chi connectivity index (χ1n) is 9.70. The molecule has 2 aromatic heterocycles. The second-order valence-electron chi connectivity index (χ2n) is 7.19. The van der Waals surface area contributed by atoms with E-state index in [-0.39, 0.29) is 29.6 Å². The summed E-state index contributed by atoms with van der Waals surface area (Å²) < 4.78 is 39.6. The van der Waals surface area contributed by atoms with Gasteiger partial charge in [0.25, 0.3) is 15.4 Å². The van der Waals surface area contributed by atoms with Gasteiger partial charge in [-0.3, -0.25) is 4.72 Å². The van der Waals surface area contributed by atoms with Gasteiger partial charge >= 0.3 is 35.2 Å². The van der Waals surface area contributed by atoms with Crippen molar-refractivity contribution in [3.05, 3.63) is 80.6 Å². The number of hydrogen-bond acceptors (Lipinski definition) is 7. The molecule has 33 heavy (non-hydrogen) atoms. The van der Waals surface area contributed by atoms with Crippen molar-refractivity contribution in [2.24, 2.45) is 0 Å². The van der Waals surface area contributed by atoms with Gasteiger partial charge in [-0.2, -0.15) is 8.42 Å². The zero-order valence-corrected chi connectivity index (χ0v) is 19.3. The van der Waals surface area contributed by atoms with Crippen molar-refractivity contribution in [1.82, 2.24) is 9.71 Å². The molecule has 0 aliphatic carbocycles. The number of benzene rings is 2. The molecule has 0 aliphatic heterocycles. The van der Waals surface area contributed by atoms with Gasteiger partial charge in [-0.15, -0.1) is 0 Å². The van der Waals surface area contributed by atoms with Crippen LogP contribution in [0.25, 0.3) is 11.0 Å². The van der Waals surface area contributed by atoms with Crippen LogP contribution in [0.1, 0.15) is 22.3 Å². The van der Waals surface area contributed by atoms with E-state index in [1.54, 1.807) is 30.5 Å². The maximum atomic E-state index is 12.8. The van der Waals surface area contributed by atoms with Gasteiger partial charge < -0.3 is 9.15 Å². The van der Waals surface area contributed by atoms with Crippen LogP contribution in [-0.4, -0.2) is 50.0 Å². The molecule has 2 N–H and O–H groups in total. The van der Waals surface area contributed by atoms with E-state index >= 15 is 0 Å². The van der Waals surface area contributed by atoms with Gasteiger partial charge in [0.05, 0.1) is 5.69 Å². The third-order valence-electron chi connectivity index (χ3n) is 5.02. The normalized spacial score (nSPS) is 11.2. The van der Waals surface area contributed by atoms with Crippen molar-refractivity contribution < 1.29 is 17.6 Å². The number of aromatic nitrogens is 1. The number of nitrogens with zero attached hydrogens (tertiary/aromatic N) is 1. The molecule has 0 aliphatic rings. The van der Waals surface area contributed by atoms with Crippen molar-refractivity contribution in [3.63, 3.8) is 0 Å². The quantitative estimate of drug-likeness (QED) is 0.300. The molecular weight excluding hydrogens is 473 g/mol. The van der Waals surface area contributed by atoms with Crippen LogP contribution in [0.2, 0.25) is 0 Å². The van der Waals surface area contributed by atoms with Crippen LogP contribution >= 0.6 is 11.3 Å². The SMILES string of the molecule is CNS(=O)(=O)Nc1cccc(Cc2c(C)c3cc(C)c(Oc4nccs4)cc3oc2=O)c1.[NaH]. The first-order chi connectivity index (χ1) is 15.3. The number of rotatable bonds is 7. The van der Waals surface area contributed by atoms with Crippen LogP contribution in [-0.2, 0) is 16.6 Å². The Balaban J connectivity index is 0.00000306. The van der Waals surface area contributed by atoms with E-state index in [0.717, 1.165) is 22.1 Å². The number of hydrogen-bond donors (Lipinski definition) is 2. The molecule has 0 radical (unpaired) electrons. The van der Waals surface area contributed by atoms with Gasteiger partial charge in [0.1, 0.15) is 11.3 Å².